The van der Waals surface area contributed by atoms with Crippen LogP contribution in [0, 0.1) is 40.5 Å². The van der Waals surface area contributed by atoms with E-state index in [1.54, 1.807) is 26.8 Å². The van der Waals surface area contributed by atoms with Crippen molar-refractivity contribution in [1.82, 2.24) is 0 Å². The molecule has 1 saturated carbocycles. The number of methoxy groups -OCH3 is 1. The van der Waals surface area contributed by atoms with Crippen molar-refractivity contribution in [3.8, 4) is 5.75 Å². The fourth-order valence-electron chi connectivity index (χ4n) is 2.96. The predicted molar refractivity (Wildman–Crippen MR) is 83.2 cm³/mol. The number of hydrogen-bond donors (Lipinski definition) is 0. The summed E-state index contributed by atoms with van der Waals surface area (Å²) < 4.78 is 64.3. The van der Waals surface area contributed by atoms with Gasteiger partial charge in [0.1, 0.15) is 12.9 Å². The van der Waals surface area contributed by atoms with Gasteiger partial charge in [-0.2, -0.15) is 8.78 Å². The van der Waals surface area contributed by atoms with Gasteiger partial charge in [-0.05, 0) is 23.8 Å². The fraction of sp³-hybridized carbons (Fsp3) is 0.444. The van der Waals surface area contributed by atoms with E-state index in [4.69, 9.17) is 4.74 Å². The molecule has 2 rings (SSSR count). The first-order valence-corrected chi connectivity index (χ1v) is 7.76. The molecule has 0 aliphatic heterocycles. The summed E-state index contributed by atoms with van der Waals surface area (Å²) in [5.41, 5.74) is -1.10. The topological polar surface area (TPSA) is 52.6 Å². The molecule has 142 valence electrons. The molecule has 2 unspecified atom stereocenters. The van der Waals surface area contributed by atoms with Crippen molar-refractivity contribution in [2.24, 2.45) is 17.3 Å². The van der Waals surface area contributed by atoms with Crippen LogP contribution in [0.15, 0.2) is 11.6 Å². The highest BCUT2D eigenvalue weighted by Gasteiger charge is 2.61. The Hall–Kier alpha value is -2.38. The summed E-state index contributed by atoms with van der Waals surface area (Å²) in [5.74, 6) is -9.64. The minimum absolute atomic E-state index is 0.278. The van der Waals surface area contributed by atoms with Gasteiger partial charge in [-0.3, -0.25) is 9.59 Å². The first-order chi connectivity index (χ1) is 12.1. The molecular weight excluding hydrogens is 356 g/mol. The predicted octanol–water partition coefficient (Wildman–Crippen LogP) is 3.71. The van der Waals surface area contributed by atoms with Gasteiger partial charge in [0.25, 0.3) is 0 Å². The van der Waals surface area contributed by atoms with Crippen LogP contribution in [0.2, 0.25) is 0 Å². The Morgan fingerprint density at radius 3 is 2.12 bits per heavy atom. The highest BCUT2D eigenvalue weighted by atomic mass is 19.2. The SMILES string of the molecule is COc1c(F)c(F)c(COC(=O)C2C(C=C(C)C=O)C2(C)C)c(F)c1F. The average molecular weight is 374 g/mol. The molecule has 0 N–H and O–H groups in total. The molecule has 2 atom stereocenters. The Morgan fingerprint density at radius 1 is 1.12 bits per heavy atom. The summed E-state index contributed by atoms with van der Waals surface area (Å²) in [6.07, 6.45) is 2.26. The van der Waals surface area contributed by atoms with E-state index in [1.165, 1.54) is 0 Å². The highest BCUT2D eigenvalue weighted by Crippen LogP contribution is 2.59. The molecule has 0 amide bonds. The minimum Gasteiger partial charge on any atom is -0.491 e. The third-order valence-corrected chi connectivity index (χ3v) is 4.67. The van der Waals surface area contributed by atoms with Crippen molar-refractivity contribution in [2.45, 2.75) is 27.4 Å². The van der Waals surface area contributed by atoms with Gasteiger partial charge in [0.05, 0.1) is 18.6 Å². The minimum atomic E-state index is -1.70. The maximum atomic E-state index is 13.9. The summed E-state index contributed by atoms with van der Waals surface area (Å²) in [7, 11) is 0.865. The molecule has 0 aromatic heterocycles. The lowest BCUT2D eigenvalue weighted by Gasteiger charge is -2.11. The molecule has 8 heteroatoms. The number of carbonyl (C=O) groups is 2. The third kappa shape index (κ3) is 3.32. The lowest BCUT2D eigenvalue weighted by molar-refractivity contribution is -0.147. The molecule has 1 aromatic rings. The molecule has 4 nitrogen and oxygen atoms in total. The summed E-state index contributed by atoms with van der Waals surface area (Å²) in [6.45, 7) is 4.15. The average Bonchev–Trinajstić information content (AvgIpc) is 3.13. The van der Waals surface area contributed by atoms with Crippen LogP contribution in [0.1, 0.15) is 26.3 Å². The van der Waals surface area contributed by atoms with Crippen molar-refractivity contribution < 1.29 is 36.6 Å². The van der Waals surface area contributed by atoms with Gasteiger partial charge >= 0.3 is 5.97 Å². The number of rotatable bonds is 6. The van der Waals surface area contributed by atoms with Crippen molar-refractivity contribution in [2.75, 3.05) is 7.11 Å². The lowest BCUT2D eigenvalue weighted by atomic mass is 10.1. The van der Waals surface area contributed by atoms with Crippen LogP contribution in [-0.2, 0) is 20.9 Å². The molecule has 1 fully saturated rings. The Labute approximate surface area is 147 Å². The van der Waals surface area contributed by atoms with Gasteiger partial charge < -0.3 is 9.47 Å². The number of hydrogen-bond acceptors (Lipinski definition) is 4. The van der Waals surface area contributed by atoms with Crippen molar-refractivity contribution in [3.63, 3.8) is 0 Å². The van der Waals surface area contributed by atoms with E-state index in [0.717, 1.165) is 7.11 Å². The van der Waals surface area contributed by atoms with Crippen LogP contribution in [-0.4, -0.2) is 19.4 Å². The van der Waals surface area contributed by atoms with Gasteiger partial charge in [-0.25, -0.2) is 8.78 Å². The zero-order valence-electron chi connectivity index (χ0n) is 14.7. The molecule has 1 aliphatic rings. The quantitative estimate of drug-likeness (QED) is 0.250. The Balaban J connectivity index is 2.18. The van der Waals surface area contributed by atoms with E-state index >= 15 is 0 Å². The number of halogens is 4. The van der Waals surface area contributed by atoms with Gasteiger partial charge in [-0.1, -0.05) is 19.9 Å². The van der Waals surface area contributed by atoms with E-state index in [0.29, 0.717) is 11.9 Å². The molecular formula is C18H18F4O4. The van der Waals surface area contributed by atoms with Crippen LogP contribution >= 0.6 is 0 Å². The Kier molecular flexibility index (Phi) is 5.44. The van der Waals surface area contributed by atoms with Crippen LogP contribution < -0.4 is 4.74 Å². The smallest absolute Gasteiger partial charge is 0.310 e. The molecule has 0 bridgehead atoms. The lowest BCUT2D eigenvalue weighted by Crippen LogP contribution is -2.14. The van der Waals surface area contributed by atoms with Gasteiger partial charge in [0.15, 0.2) is 17.4 Å². The van der Waals surface area contributed by atoms with E-state index in [1.807, 2.05) is 0 Å². The van der Waals surface area contributed by atoms with Gasteiger partial charge in [0.2, 0.25) is 11.6 Å². The Morgan fingerprint density at radius 2 is 1.65 bits per heavy atom. The van der Waals surface area contributed by atoms with Crippen molar-refractivity contribution in [3.05, 3.63) is 40.5 Å². The third-order valence-electron chi connectivity index (χ3n) is 4.67. The zero-order chi connectivity index (χ0) is 19.8. The molecule has 0 radical (unpaired) electrons. The van der Waals surface area contributed by atoms with E-state index in [9.17, 15) is 27.2 Å². The maximum Gasteiger partial charge on any atom is 0.310 e. The molecule has 0 heterocycles. The number of allylic oxidation sites excluding steroid dienone is 2. The molecule has 1 aromatic carbocycles. The maximum absolute atomic E-state index is 13.9. The molecule has 0 spiro atoms. The first kappa shape index (κ1) is 19.9. The number of esters is 1. The van der Waals surface area contributed by atoms with E-state index in [2.05, 4.69) is 4.74 Å². The van der Waals surface area contributed by atoms with Crippen molar-refractivity contribution >= 4 is 12.3 Å². The summed E-state index contributed by atoms with van der Waals surface area (Å²) in [4.78, 5) is 22.9. The van der Waals surface area contributed by atoms with Crippen LogP contribution in [0.5, 0.6) is 5.75 Å². The normalized spacial score (nSPS) is 21.3. The second-order valence-electron chi connectivity index (χ2n) is 6.73. The summed E-state index contributed by atoms with van der Waals surface area (Å²) >= 11 is 0. The number of aldehydes is 1. The second-order valence-corrected chi connectivity index (χ2v) is 6.73. The Bertz CT molecular complexity index is 757. The number of benzene rings is 1. The van der Waals surface area contributed by atoms with Crippen LogP contribution in [0.4, 0.5) is 17.6 Å². The summed E-state index contributed by atoms with van der Waals surface area (Å²) in [6, 6.07) is 0. The monoisotopic (exact) mass is 374 g/mol. The molecule has 26 heavy (non-hydrogen) atoms. The van der Waals surface area contributed by atoms with Gasteiger partial charge in [0, 0.05) is 0 Å². The zero-order valence-corrected chi connectivity index (χ0v) is 14.7. The van der Waals surface area contributed by atoms with Gasteiger partial charge in [-0.15, -0.1) is 0 Å². The fourth-order valence-corrected chi connectivity index (χ4v) is 2.96. The largest absolute Gasteiger partial charge is 0.491 e. The van der Waals surface area contributed by atoms with Crippen molar-refractivity contribution in [1.29, 1.82) is 0 Å². The number of carbonyl (C=O) groups excluding carboxylic acids is 2. The molecule has 0 saturated heterocycles. The van der Waals surface area contributed by atoms with Crippen LogP contribution in [0.25, 0.3) is 0 Å². The summed E-state index contributed by atoms with van der Waals surface area (Å²) in [5, 5.41) is 0. The molecule has 1 aliphatic carbocycles. The second kappa shape index (κ2) is 7.09. The van der Waals surface area contributed by atoms with Crippen LogP contribution in [0.3, 0.4) is 0 Å². The van der Waals surface area contributed by atoms with E-state index < -0.39 is 58.5 Å². The highest BCUT2D eigenvalue weighted by molar-refractivity contribution is 5.79. The standard InChI is InChI=1S/C18H18F4O4/c1-8(6-23)5-10-11(18(10,2)3)17(24)26-7-9-12(19)14(21)16(25-4)15(22)13(9)20/h5-6,10-11H,7H2,1-4H3. The first-order valence-electron chi connectivity index (χ1n) is 7.76. The number of ether oxygens (including phenoxy) is 2. The van der Waals surface area contributed by atoms with E-state index in [-0.39, 0.29) is 5.92 Å².